The number of nitrogens with zero attached hydrogens (tertiary/aromatic N) is 1. The Morgan fingerprint density at radius 2 is 2.25 bits per heavy atom. The van der Waals surface area contributed by atoms with E-state index in [1.807, 2.05) is 19.1 Å². The van der Waals surface area contributed by atoms with E-state index in [0.29, 0.717) is 18.7 Å². The molecule has 0 spiro atoms. The van der Waals surface area contributed by atoms with Gasteiger partial charge in [0.05, 0.1) is 25.7 Å². The lowest BCUT2D eigenvalue weighted by atomic mass is 10.1. The van der Waals surface area contributed by atoms with Crippen LogP contribution in [0.3, 0.4) is 0 Å². The molecule has 0 saturated carbocycles. The average Bonchev–Trinajstić information content (AvgIpc) is 2.38. The van der Waals surface area contributed by atoms with Crippen molar-refractivity contribution in [3.8, 4) is 0 Å². The summed E-state index contributed by atoms with van der Waals surface area (Å²) in [5, 5.41) is 8.93. The molecule has 2 rings (SSSR count). The van der Waals surface area contributed by atoms with Crippen molar-refractivity contribution in [1.29, 1.82) is 0 Å². The predicted octanol–water partition coefficient (Wildman–Crippen LogP) is 2.07. The van der Waals surface area contributed by atoms with Gasteiger partial charge in [-0.05, 0) is 30.7 Å². The summed E-state index contributed by atoms with van der Waals surface area (Å²) >= 11 is 3.36. The third-order valence-electron chi connectivity index (χ3n) is 3.32. The molecule has 1 amide bonds. The molecule has 0 aromatic heterocycles. The van der Waals surface area contributed by atoms with Gasteiger partial charge in [-0.3, -0.25) is 9.59 Å². The Bertz CT molecular complexity index is 532. The first-order valence-corrected chi connectivity index (χ1v) is 7.15. The number of ether oxygens (including phenoxy) is 1. The van der Waals surface area contributed by atoms with E-state index >= 15 is 0 Å². The van der Waals surface area contributed by atoms with Gasteiger partial charge in [0.2, 0.25) is 0 Å². The number of aliphatic carboxylic acids is 1. The van der Waals surface area contributed by atoms with Crippen LogP contribution < -0.4 is 0 Å². The van der Waals surface area contributed by atoms with Gasteiger partial charge in [0, 0.05) is 16.6 Å². The minimum Gasteiger partial charge on any atom is -0.481 e. The van der Waals surface area contributed by atoms with Crippen LogP contribution in [-0.2, 0) is 9.53 Å². The number of carbonyl (C=O) groups is 2. The monoisotopic (exact) mass is 341 g/mol. The Balaban J connectivity index is 2.22. The van der Waals surface area contributed by atoms with Crippen LogP contribution in [0, 0.1) is 6.92 Å². The molecule has 1 saturated heterocycles. The second-order valence-electron chi connectivity index (χ2n) is 4.78. The van der Waals surface area contributed by atoms with Crippen LogP contribution in [-0.4, -0.2) is 47.7 Å². The van der Waals surface area contributed by atoms with E-state index in [1.54, 1.807) is 11.0 Å². The lowest BCUT2D eigenvalue weighted by molar-refractivity contribution is -0.139. The third-order valence-corrected chi connectivity index (χ3v) is 3.81. The average molecular weight is 342 g/mol. The number of halogens is 1. The molecule has 1 aliphatic rings. The van der Waals surface area contributed by atoms with Crippen molar-refractivity contribution in [1.82, 2.24) is 4.90 Å². The molecular weight excluding hydrogens is 326 g/mol. The minimum absolute atomic E-state index is 0.0959. The smallest absolute Gasteiger partial charge is 0.305 e. The SMILES string of the molecule is Cc1cc(Br)ccc1C(=O)N1CCOCC1CC(=O)O. The van der Waals surface area contributed by atoms with Gasteiger partial charge in [-0.25, -0.2) is 0 Å². The number of rotatable bonds is 3. The highest BCUT2D eigenvalue weighted by molar-refractivity contribution is 9.10. The van der Waals surface area contributed by atoms with E-state index in [4.69, 9.17) is 9.84 Å². The van der Waals surface area contributed by atoms with Crippen LogP contribution in [0.25, 0.3) is 0 Å². The standard InChI is InChI=1S/C14H16BrNO4/c1-9-6-10(15)2-3-12(9)14(19)16-4-5-20-8-11(16)7-13(17)18/h2-3,6,11H,4-5,7-8H2,1H3,(H,17,18). The zero-order chi connectivity index (χ0) is 14.7. The summed E-state index contributed by atoms with van der Waals surface area (Å²) in [6.07, 6.45) is -0.0959. The molecule has 1 unspecified atom stereocenters. The summed E-state index contributed by atoms with van der Waals surface area (Å²) in [5.74, 6) is -1.06. The second-order valence-corrected chi connectivity index (χ2v) is 5.70. The maximum Gasteiger partial charge on any atom is 0.305 e. The maximum absolute atomic E-state index is 12.6. The largest absolute Gasteiger partial charge is 0.481 e. The van der Waals surface area contributed by atoms with Crippen molar-refractivity contribution in [2.75, 3.05) is 19.8 Å². The fourth-order valence-electron chi connectivity index (χ4n) is 2.31. The number of hydrogen-bond acceptors (Lipinski definition) is 3. The van der Waals surface area contributed by atoms with Crippen molar-refractivity contribution < 1.29 is 19.4 Å². The van der Waals surface area contributed by atoms with Crippen molar-refractivity contribution in [2.45, 2.75) is 19.4 Å². The number of aryl methyl sites for hydroxylation is 1. The molecular formula is C14H16BrNO4. The van der Waals surface area contributed by atoms with E-state index in [-0.39, 0.29) is 18.9 Å². The lowest BCUT2D eigenvalue weighted by Crippen LogP contribution is -2.49. The Kier molecular flexibility index (Phi) is 4.77. The molecule has 1 aromatic rings. The van der Waals surface area contributed by atoms with Crippen molar-refractivity contribution in [3.05, 3.63) is 33.8 Å². The van der Waals surface area contributed by atoms with Gasteiger partial charge in [-0.1, -0.05) is 15.9 Å². The number of carbonyl (C=O) groups excluding carboxylic acids is 1. The zero-order valence-corrected chi connectivity index (χ0v) is 12.7. The highest BCUT2D eigenvalue weighted by Crippen LogP contribution is 2.20. The molecule has 5 nitrogen and oxygen atoms in total. The van der Waals surface area contributed by atoms with Crippen LogP contribution in [0.2, 0.25) is 0 Å². The number of carboxylic acid groups (broad SMARTS) is 1. The topological polar surface area (TPSA) is 66.8 Å². The Labute approximate surface area is 125 Å². The summed E-state index contributed by atoms with van der Waals surface area (Å²) < 4.78 is 6.20. The van der Waals surface area contributed by atoms with Gasteiger partial charge in [0.1, 0.15) is 0 Å². The molecule has 0 aliphatic carbocycles. The molecule has 0 bridgehead atoms. The number of carboxylic acids is 1. The molecule has 1 N–H and O–H groups in total. The first-order chi connectivity index (χ1) is 9.49. The first kappa shape index (κ1) is 15.0. The summed E-state index contributed by atoms with van der Waals surface area (Å²) in [6, 6.07) is 5.04. The summed E-state index contributed by atoms with van der Waals surface area (Å²) in [4.78, 5) is 25.1. The predicted molar refractivity (Wildman–Crippen MR) is 76.8 cm³/mol. The number of benzene rings is 1. The van der Waals surface area contributed by atoms with Gasteiger partial charge in [-0.2, -0.15) is 0 Å². The quantitative estimate of drug-likeness (QED) is 0.913. The van der Waals surface area contributed by atoms with E-state index in [1.165, 1.54) is 0 Å². The van der Waals surface area contributed by atoms with Crippen molar-refractivity contribution in [2.24, 2.45) is 0 Å². The second kappa shape index (κ2) is 6.37. The highest BCUT2D eigenvalue weighted by Gasteiger charge is 2.30. The van der Waals surface area contributed by atoms with Gasteiger partial charge in [-0.15, -0.1) is 0 Å². The fraction of sp³-hybridized carbons (Fsp3) is 0.429. The van der Waals surface area contributed by atoms with Crippen LogP contribution in [0.5, 0.6) is 0 Å². The molecule has 1 heterocycles. The molecule has 1 atom stereocenters. The molecule has 108 valence electrons. The van der Waals surface area contributed by atoms with Gasteiger partial charge >= 0.3 is 5.97 Å². The van der Waals surface area contributed by atoms with Gasteiger partial charge in [0.25, 0.3) is 5.91 Å². The normalized spacial score (nSPS) is 18.9. The van der Waals surface area contributed by atoms with Crippen LogP contribution in [0.1, 0.15) is 22.3 Å². The van der Waals surface area contributed by atoms with Crippen LogP contribution in [0.4, 0.5) is 0 Å². The molecule has 1 aliphatic heterocycles. The van der Waals surface area contributed by atoms with Crippen molar-refractivity contribution >= 4 is 27.8 Å². The summed E-state index contributed by atoms with van der Waals surface area (Å²) in [7, 11) is 0. The molecule has 0 radical (unpaired) electrons. The van der Waals surface area contributed by atoms with Gasteiger partial charge in [0.15, 0.2) is 0 Å². The van der Waals surface area contributed by atoms with Crippen LogP contribution >= 0.6 is 15.9 Å². The first-order valence-electron chi connectivity index (χ1n) is 6.35. The van der Waals surface area contributed by atoms with E-state index in [2.05, 4.69) is 15.9 Å². The molecule has 1 fully saturated rings. The summed E-state index contributed by atoms with van der Waals surface area (Å²) in [5.41, 5.74) is 1.47. The Morgan fingerprint density at radius 1 is 1.50 bits per heavy atom. The number of amides is 1. The van der Waals surface area contributed by atoms with E-state index < -0.39 is 12.0 Å². The molecule has 20 heavy (non-hydrogen) atoms. The zero-order valence-electron chi connectivity index (χ0n) is 11.1. The third kappa shape index (κ3) is 3.37. The van der Waals surface area contributed by atoms with Crippen molar-refractivity contribution in [3.63, 3.8) is 0 Å². The molecule has 6 heteroatoms. The highest BCUT2D eigenvalue weighted by atomic mass is 79.9. The number of morpholine rings is 1. The Morgan fingerprint density at radius 3 is 2.90 bits per heavy atom. The maximum atomic E-state index is 12.6. The van der Waals surface area contributed by atoms with Crippen LogP contribution in [0.15, 0.2) is 22.7 Å². The fourth-order valence-corrected chi connectivity index (χ4v) is 2.79. The molecule has 1 aromatic carbocycles. The Hall–Kier alpha value is -1.40. The number of hydrogen-bond donors (Lipinski definition) is 1. The van der Waals surface area contributed by atoms with Gasteiger partial charge < -0.3 is 14.7 Å². The minimum atomic E-state index is -0.925. The van der Waals surface area contributed by atoms with E-state index in [9.17, 15) is 9.59 Å². The van der Waals surface area contributed by atoms with E-state index in [0.717, 1.165) is 10.0 Å². The lowest BCUT2D eigenvalue weighted by Gasteiger charge is -2.35. The summed E-state index contributed by atoms with van der Waals surface area (Å²) in [6.45, 7) is 3.00.